The lowest BCUT2D eigenvalue weighted by Gasteiger charge is -2.14. The quantitative estimate of drug-likeness (QED) is 0.671. The number of likely N-dealkylation sites (tertiary alicyclic amines) is 1. The summed E-state index contributed by atoms with van der Waals surface area (Å²) in [6.45, 7) is 0.551. The van der Waals surface area contributed by atoms with Crippen LogP contribution in [0.25, 0.3) is 0 Å². The Bertz CT molecular complexity index is 175. The van der Waals surface area contributed by atoms with Gasteiger partial charge < -0.3 is 10.6 Å². The number of alkyl halides is 2. The fraction of sp³-hybridized carbons (Fsp3) is 0.857. The van der Waals surface area contributed by atoms with Crippen LogP contribution in [0.1, 0.15) is 12.8 Å². The summed E-state index contributed by atoms with van der Waals surface area (Å²) < 4.78 is 23.5. The molecule has 1 aliphatic heterocycles. The van der Waals surface area contributed by atoms with Crippen molar-refractivity contribution in [1.29, 1.82) is 0 Å². The van der Waals surface area contributed by atoms with E-state index in [2.05, 4.69) is 0 Å². The van der Waals surface area contributed by atoms with Gasteiger partial charge >= 0.3 is 0 Å². The van der Waals surface area contributed by atoms with Crippen molar-refractivity contribution in [2.24, 2.45) is 5.73 Å². The molecule has 1 rings (SSSR count). The molecule has 1 unspecified atom stereocenters. The number of halogens is 2. The van der Waals surface area contributed by atoms with E-state index in [0.717, 1.165) is 0 Å². The summed E-state index contributed by atoms with van der Waals surface area (Å²) in [6.07, 6.45) is -2.29. The van der Waals surface area contributed by atoms with Gasteiger partial charge in [0.15, 0.2) is 0 Å². The Kier molecular flexibility index (Phi) is 2.97. The third-order valence-electron chi connectivity index (χ3n) is 1.86. The second kappa shape index (κ2) is 3.80. The van der Waals surface area contributed by atoms with E-state index in [0.29, 0.717) is 13.0 Å². The Morgan fingerprint density at radius 3 is 2.75 bits per heavy atom. The molecule has 0 saturated carbocycles. The molecule has 0 aromatic rings. The van der Waals surface area contributed by atoms with Gasteiger partial charge in [0, 0.05) is 32.0 Å². The molecule has 0 aliphatic carbocycles. The first-order chi connectivity index (χ1) is 5.59. The largest absolute Gasteiger partial charge is 0.341 e. The molecule has 2 N–H and O–H groups in total. The highest BCUT2D eigenvalue weighted by atomic mass is 19.3. The first-order valence-electron chi connectivity index (χ1n) is 3.91. The second-order valence-corrected chi connectivity index (χ2v) is 2.98. The first kappa shape index (κ1) is 9.38. The molecular formula is C7H12F2N2O. The lowest BCUT2D eigenvalue weighted by atomic mass is 10.3. The third kappa shape index (κ3) is 2.41. The molecule has 0 aromatic heterocycles. The number of hydrogen-bond donors (Lipinski definition) is 1. The smallest absolute Gasteiger partial charge is 0.240 e. The van der Waals surface area contributed by atoms with Crippen molar-refractivity contribution in [3.8, 4) is 0 Å². The molecule has 0 aromatic carbocycles. The van der Waals surface area contributed by atoms with Gasteiger partial charge in [0.2, 0.25) is 12.3 Å². The molecular weight excluding hydrogens is 166 g/mol. The van der Waals surface area contributed by atoms with E-state index < -0.39 is 6.43 Å². The molecule has 5 heteroatoms. The zero-order chi connectivity index (χ0) is 9.14. The maximum Gasteiger partial charge on any atom is 0.240 e. The van der Waals surface area contributed by atoms with Gasteiger partial charge in [-0.3, -0.25) is 4.79 Å². The summed E-state index contributed by atoms with van der Waals surface area (Å²) >= 11 is 0. The van der Waals surface area contributed by atoms with Gasteiger partial charge in [0.25, 0.3) is 0 Å². The number of carbonyl (C=O) groups excluding carboxylic acids is 1. The molecule has 1 saturated heterocycles. The average Bonchev–Trinajstić information content (AvgIpc) is 2.26. The fourth-order valence-electron chi connectivity index (χ4n) is 1.27. The summed E-state index contributed by atoms with van der Waals surface area (Å²) in [5.74, 6) is -0.108. The normalized spacial score (nSPS) is 24.2. The molecule has 0 spiro atoms. The Hall–Kier alpha value is -0.710. The third-order valence-corrected chi connectivity index (χ3v) is 1.86. The first-order valence-corrected chi connectivity index (χ1v) is 3.91. The number of rotatable bonds is 3. The highest BCUT2D eigenvalue weighted by molar-refractivity contribution is 5.79. The number of nitrogens with zero attached hydrogens (tertiary/aromatic N) is 1. The summed E-state index contributed by atoms with van der Waals surface area (Å²) in [6, 6.07) is -0.171. The van der Waals surface area contributed by atoms with Crippen LogP contribution < -0.4 is 5.73 Å². The molecule has 1 aliphatic rings. The van der Waals surface area contributed by atoms with Crippen molar-refractivity contribution in [3.05, 3.63) is 0 Å². The Balaban J connectivity index is 2.28. The number of nitrogens with two attached hydrogens (primary N) is 1. The van der Waals surface area contributed by atoms with E-state index >= 15 is 0 Å². The lowest BCUT2D eigenvalue weighted by Crippen LogP contribution is -2.30. The van der Waals surface area contributed by atoms with Crippen molar-refractivity contribution >= 4 is 5.91 Å². The standard InChI is InChI=1S/C7H12F2N2O/c8-6(9)1-2-11-4-5(10)3-7(11)12/h5-6H,1-4,10H2. The Morgan fingerprint density at radius 2 is 2.33 bits per heavy atom. The summed E-state index contributed by atoms with van der Waals surface area (Å²) in [5, 5.41) is 0. The van der Waals surface area contributed by atoms with Crippen LogP contribution in [-0.2, 0) is 4.79 Å². The van der Waals surface area contributed by atoms with Crippen molar-refractivity contribution in [2.45, 2.75) is 25.3 Å². The van der Waals surface area contributed by atoms with Crippen LogP contribution in [-0.4, -0.2) is 36.4 Å². The molecule has 0 bridgehead atoms. The van der Waals surface area contributed by atoms with Crippen LogP contribution in [0.3, 0.4) is 0 Å². The van der Waals surface area contributed by atoms with E-state index in [9.17, 15) is 13.6 Å². The van der Waals surface area contributed by atoms with E-state index in [1.165, 1.54) is 4.90 Å². The topological polar surface area (TPSA) is 46.3 Å². The maximum absolute atomic E-state index is 11.7. The lowest BCUT2D eigenvalue weighted by molar-refractivity contribution is -0.128. The van der Waals surface area contributed by atoms with Gasteiger partial charge in [-0.15, -0.1) is 0 Å². The van der Waals surface area contributed by atoms with Gasteiger partial charge in [-0.25, -0.2) is 8.78 Å². The minimum atomic E-state index is -2.34. The van der Waals surface area contributed by atoms with Crippen molar-refractivity contribution in [2.75, 3.05) is 13.1 Å². The number of amides is 1. The molecule has 1 fully saturated rings. The summed E-state index contributed by atoms with van der Waals surface area (Å²) in [5.41, 5.74) is 5.47. The number of carbonyl (C=O) groups is 1. The highest BCUT2D eigenvalue weighted by Gasteiger charge is 2.26. The highest BCUT2D eigenvalue weighted by Crippen LogP contribution is 2.11. The van der Waals surface area contributed by atoms with Crippen molar-refractivity contribution < 1.29 is 13.6 Å². The van der Waals surface area contributed by atoms with Crippen LogP contribution in [0, 0.1) is 0 Å². The average molecular weight is 178 g/mol. The maximum atomic E-state index is 11.7. The van der Waals surface area contributed by atoms with Crippen LogP contribution in [0.2, 0.25) is 0 Å². The second-order valence-electron chi connectivity index (χ2n) is 2.98. The van der Waals surface area contributed by atoms with Crippen LogP contribution in [0.5, 0.6) is 0 Å². The minimum absolute atomic E-state index is 0.108. The van der Waals surface area contributed by atoms with Crippen molar-refractivity contribution in [3.63, 3.8) is 0 Å². The zero-order valence-corrected chi connectivity index (χ0v) is 6.67. The molecule has 12 heavy (non-hydrogen) atoms. The van der Waals surface area contributed by atoms with Crippen LogP contribution >= 0.6 is 0 Å². The predicted octanol–water partition coefficient (Wildman–Crippen LogP) is 0.201. The van der Waals surface area contributed by atoms with Gasteiger partial charge in [0.1, 0.15) is 0 Å². The van der Waals surface area contributed by atoms with E-state index in [1.807, 2.05) is 0 Å². The molecule has 0 radical (unpaired) electrons. The summed E-state index contributed by atoms with van der Waals surface area (Å²) in [4.78, 5) is 12.4. The van der Waals surface area contributed by atoms with E-state index in [1.54, 1.807) is 0 Å². The summed E-state index contributed by atoms with van der Waals surface area (Å²) in [7, 11) is 0. The molecule has 1 amide bonds. The fourth-order valence-corrected chi connectivity index (χ4v) is 1.27. The molecule has 1 atom stereocenters. The molecule has 70 valence electrons. The van der Waals surface area contributed by atoms with Crippen LogP contribution in [0.15, 0.2) is 0 Å². The van der Waals surface area contributed by atoms with Gasteiger partial charge in [0.05, 0.1) is 0 Å². The Morgan fingerprint density at radius 1 is 1.67 bits per heavy atom. The number of hydrogen-bond acceptors (Lipinski definition) is 2. The zero-order valence-electron chi connectivity index (χ0n) is 6.67. The monoisotopic (exact) mass is 178 g/mol. The van der Waals surface area contributed by atoms with Crippen LogP contribution in [0.4, 0.5) is 8.78 Å². The van der Waals surface area contributed by atoms with Crippen molar-refractivity contribution in [1.82, 2.24) is 4.90 Å². The molecule has 3 nitrogen and oxygen atoms in total. The van der Waals surface area contributed by atoms with Gasteiger partial charge in [-0.05, 0) is 0 Å². The SMILES string of the molecule is NC1CC(=O)N(CCC(F)F)C1. The van der Waals surface area contributed by atoms with E-state index in [4.69, 9.17) is 5.73 Å². The Labute approximate surface area is 69.5 Å². The predicted molar refractivity (Wildman–Crippen MR) is 39.8 cm³/mol. The van der Waals surface area contributed by atoms with Gasteiger partial charge in [-0.2, -0.15) is 0 Å². The van der Waals surface area contributed by atoms with E-state index in [-0.39, 0.29) is 24.9 Å². The minimum Gasteiger partial charge on any atom is -0.341 e. The molecule has 1 heterocycles. The van der Waals surface area contributed by atoms with Gasteiger partial charge in [-0.1, -0.05) is 0 Å².